The molecule has 2 aromatic rings. The van der Waals surface area contributed by atoms with Gasteiger partial charge in [-0.15, -0.1) is 0 Å². The summed E-state index contributed by atoms with van der Waals surface area (Å²) in [6, 6.07) is 14.1. The first-order valence-corrected chi connectivity index (χ1v) is 5.37. The van der Waals surface area contributed by atoms with E-state index >= 15 is 0 Å². The van der Waals surface area contributed by atoms with Gasteiger partial charge in [0.2, 0.25) is 6.23 Å². The van der Waals surface area contributed by atoms with Crippen LogP contribution in [0.2, 0.25) is 0 Å². The van der Waals surface area contributed by atoms with Gasteiger partial charge in [-0.05, 0) is 18.2 Å². The molecule has 1 aliphatic rings. The van der Waals surface area contributed by atoms with Crippen molar-refractivity contribution in [2.45, 2.75) is 6.23 Å². The number of rotatable bonds is 1. The van der Waals surface area contributed by atoms with Gasteiger partial charge in [0, 0.05) is 5.22 Å². The van der Waals surface area contributed by atoms with Gasteiger partial charge < -0.3 is 4.74 Å². The molecule has 3 rings (SSSR count). The Bertz CT molecular complexity index is 666. The normalized spacial score (nSPS) is 17.4. The number of halogens is 1. The maximum atomic E-state index is 13.6. The van der Waals surface area contributed by atoms with Crippen LogP contribution in [0.4, 0.5) is 4.39 Å². The molecule has 0 amide bonds. The van der Waals surface area contributed by atoms with E-state index < -0.39 is 6.23 Å². The Morgan fingerprint density at radius 1 is 1.00 bits per heavy atom. The van der Waals surface area contributed by atoms with Crippen LogP contribution in [0.1, 0.15) is 11.8 Å². The van der Waals surface area contributed by atoms with E-state index in [2.05, 4.69) is 4.99 Å². The van der Waals surface area contributed by atoms with Crippen molar-refractivity contribution in [1.29, 1.82) is 0 Å². The van der Waals surface area contributed by atoms with Gasteiger partial charge >= 0.3 is 0 Å². The lowest BCUT2D eigenvalue weighted by molar-refractivity contribution is 0.177. The molecule has 3 heteroatoms. The van der Waals surface area contributed by atoms with Gasteiger partial charge in [0.05, 0.1) is 17.2 Å². The number of benzene rings is 2. The van der Waals surface area contributed by atoms with Gasteiger partial charge in [0.15, 0.2) is 0 Å². The average Bonchev–Trinajstić information content (AvgIpc) is 2.39. The third-order valence-electron chi connectivity index (χ3n) is 2.69. The van der Waals surface area contributed by atoms with Crippen LogP contribution in [0.25, 0.3) is 6.26 Å². The number of hydrogen-bond donors (Lipinski definition) is 0. The van der Waals surface area contributed by atoms with Crippen LogP contribution in [0.5, 0.6) is 0 Å². The maximum absolute atomic E-state index is 13.6. The van der Waals surface area contributed by atoms with Crippen molar-refractivity contribution in [3.05, 3.63) is 70.5 Å². The predicted molar refractivity (Wildman–Crippen MR) is 61.9 cm³/mol. The third kappa shape index (κ3) is 1.80. The van der Waals surface area contributed by atoms with Crippen LogP contribution >= 0.6 is 0 Å². The Balaban J connectivity index is 2.10. The molecular weight excluding hydrogens is 217 g/mol. The number of para-hydroxylation sites is 1. The predicted octanol–water partition coefficient (Wildman–Crippen LogP) is 1.91. The molecule has 0 fully saturated rings. The Morgan fingerprint density at radius 2 is 1.76 bits per heavy atom. The van der Waals surface area contributed by atoms with Crippen molar-refractivity contribution in [3.63, 3.8) is 0 Å². The molecule has 0 N–H and O–H groups in total. The molecule has 0 bridgehead atoms. The Labute approximate surface area is 97.7 Å². The summed E-state index contributed by atoms with van der Waals surface area (Å²) in [5.74, 6) is -0.297. The van der Waals surface area contributed by atoms with Crippen molar-refractivity contribution in [1.82, 2.24) is 0 Å². The average molecular weight is 227 g/mol. The SMILES string of the molecule is Fc1ccccc1C1N=c2ccccc2=CO1. The van der Waals surface area contributed by atoms with E-state index in [1.54, 1.807) is 24.5 Å². The highest BCUT2D eigenvalue weighted by molar-refractivity contribution is 5.25. The molecule has 1 aliphatic heterocycles. The van der Waals surface area contributed by atoms with E-state index in [-0.39, 0.29) is 5.82 Å². The van der Waals surface area contributed by atoms with Crippen LogP contribution in [0.15, 0.2) is 53.5 Å². The number of fused-ring (bicyclic) bond motifs is 1. The summed E-state index contributed by atoms with van der Waals surface area (Å²) in [7, 11) is 0. The van der Waals surface area contributed by atoms with Crippen molar-refractivity contribution in [3.8, 4) is 0 Å². The summed E-state index contributed by atoms with van der Waals surface area (Å²) >= 11 is 0. The summed E-state index contributed by atoms with van der Waals surface area (Å²) in [5, 5.41) is 1.74. The fourth-order valence-corrected chi connectivity index (χ4v) is 1.82. The van der Waals surface area contributed by atoms with Gasteiger partial charge in [0.25, 0.3) is 0 Å². The molecule has 2 nitrogen and oxygen atoms in total. The minimum Gasteiger partial charge on any atom is -0.471 e. The van der Waals surface area contributed by atoms with E-state index in [0.717, 1.165) is 10.6 Å². The highest BCUT2D eigenvalue weighted by Gasteiger charge is 2.15. The summed E-state index contributed by atoms with van der Waals surface area (Å²) in [4.78, 5) is 4.38. The molecule has 84 valence electrons. The molecule has 0 aromatic heterocycles. The lowest BCUT2D eigenvalue weighted by atomic mass is 10.2. The van der Waals surface area contributed by atoms with E-state index in [1.807, 2.05) is 24.3 Å². The number of ether oxygens (including phenoxy) is 1. The van der Waals surface area contributed by atoms with Crippen molar-refractivity contribution >= 4 is 6.26 Å². The van der Waals surface area contributed by atoms with Crippen molar-refractivity contribution in [2.75, 3.05) is 0 Å². The molecule has 0 radical (unpaired) electrons. The van der Waals surface area contributed by atoms with E-state index in [1.165, 1.54) is 6.07 Å². The van der Waals surface area contributed by atoms with Crippen LogP contribution in [-0.4, -0.2) is 0 Å². The highest BCUT2D eigenvalue weighted by atomic mass is 19.1. The van der Waals surface area contributed by atoms with E-state index in [4.69, 9.17) is 4.74 Å². The van der Waals surface area contributed by atoms with Crippen LogP contribution in [-0.2, 0) is 4.74 Å². The Hall–Kier alpha value is -2.16. The van der Waals surface area contributed by atoms with Crippen LogP contribution in [0, 0.1) is 5.82 Å². The highest BCUT2D eigenvalue weighted by Crippen LogP contribution is 2.22. The summed E-state index contributed by atoms with van der Waals surface area (Å²) in [5.41, 5.74) is 0.457. The fraction of sp³-hybridized carbons (Fsp3) is 0.0714. The quantitative estimate of drug-likeness (QED) is 0.729. The molecule has 1 heterocycles. The molecule has 2 aromatic carbocycles. The first-order chi connectivity index (χ1) is 8.34. The van der Waals surface area contributed by atoms with Gasteiger partial charge in [-0.25, -0.2) is 9.38 Å². The van der Waals surface area contributed by atoms with Crippen LogP contribution in [0.3, 0.4) is 0 Å². The topological polar surface area (TPSA) is 21.6 Å². The largest absolute Gasteiger partial charge is 0.471 e. The Morgan fingerprint density at radius 3 is 2.65 bits per heavy atom. The molecular formula is C14H10FNO. The van der Waals surface area contributed by atoms with Crippen molar-refractivity contribution in [2.24, 2.45) is 4.99 Å². The summed E-state index contributed by atoms with van der Waals surface area (Å²) < 4.78 is 19.0. The zero-order valence-electron chi connectivity index (χ0n) is 9.01. The fourth-order valence-electron chi connectivity index (χ4n) is 1.82. The van der Waals surface area contributed by atoms with Gasteiger partial charge in [-0.1, -0.05) is 30.3 Å². The molecule has 0 aliphatic carbocycles. The van der Waals surface area contributed by atoms with Gasteiger partial charge in [0.1, 0.15) is 5.82 Å². The second kappa shape index (κ2) is 4.01. The molecule has 17 heavy (non-hydrogen) atoms. The molecule has 0 spiro atoms. The van der Waals surface area contributed by atoms with Gasteiger partial charge in [-0.3, -0.25) is 0 Å². The summed E-state index contributed by atoms with van der Waals surface area (Å²) in [6.45, 7) is 0. The zero-order valence-corrected chi connectivity index (χ0v) is 9.01. The molecule has 0 saturated carbocycles. The second-order valence-corrected chi connectivity index (χ2v) is 3.82. The molecule has 1 unspecified atom stereocenters. The smallest absolute Gasteiger partial charge is 0.218 e. The monoisotopic (exact) mass is 227 g/mol. The third-order valence-corrected chi connectivity index (χ3v) is 2.69. The lowest BCUT2D eigenvalue weighted by Gasteiger charge is -2.16. The minimum absolute atomic E-state index is 0.297. The number of nitrogens with zero attached hydrogens (tertiary/aromatic N) is 1. The number of hydrogen-bond acceptors (Lipinski definition) is 2. The Kier molecular flexibility index (Phi) is 2.37. The lowest BCUT2D eigenvalue weighted by Crippen LogP contribution is -2.29. The standard InChI is InChI=1S/C14H10FNO/c15-12-7-3-2-6-11(12)14-16-13-8-4-1-5-10(13)9-17-14/h1-9,14H. The van der Waals surface area contributed by atoms with Crippen molar-refractivity contribution < 1.29 is 9.13 Å². The van der Waals surface area contributed by atoms with E-state index in [0.29, 0.717) is 5.56 Å². The molecule has 0 saturated heterocycles. The molecule has 1 atom stereocenters. The van der Waals surface area contributed by atoms with E-state index in [9.17, 15) is 4.39 Å². The minimum atomic E-state index is -0.592. The maximum Gasteiger partial charge on any atom is 0.218 e. The van der Waals surface area contributed by atoms with Crippen LogP contribution < -0.4 is 10.6 Å². The summed E-state index contributed by atoms with van der Waals surface area (Å²) in [6.07, 6.45) is 1.03. The second-order valence-electron chi connectivity index (χ2n) is 3.82. The zero-order chi connectivity index (χ0) is 11.7. The van der Waals surface area contributed by atoms with Gasteiger partial charge in [-0.2, -0.15) is 0 Å². The first kappa shape index (κ1) is 10.0. The first-order valence-electron chi connectivity index (χ1n) is 5.37.